The van der Waals surface area contributed by atoms with Gasteiger partial charge in [-0.15, -0.1) is 0 Å². The summed E-state index contributed by atoms with van der Waals surface area (Å²) in [5.41, 5.74) is 0. The van der Waals surface area contributed by atoms with Gasteiger partial charge in [0.15, 0.2) is 0 Å². The Morgan fingerprint density at radius 2 is 1.00 bits per heavy atom. The van der Waals surface area contributed by atoms with Gasteiger partial charge in [-0.25, -0.2) is 4.57 Å². The van der Waals surface area contributed by atoms with Crippen molar-refractivity contribution in [3.63, 3.8) is 0 Å². The minimum Gasteiger partial charge on any atom is -0.457 e. The number of rotatable bonds is 40. The number of hydrogen-bond acceptors (Lipinski definition) is 8. The van der Waals surface area contributed by atoms with Crippen molar-refractivity contribution in [2.45, 2.75) is 199 Å². The fourth-order valence-electron chi connectivity index (χ4n) is 5.64. The molecule has 0 radical (unpaired) electrons. The van der Waals surface area contributed by atoms with Crippen molar-refractivity contribution in [2.24, 2.45) is 0 Å². The molecule has 9 nitrogen and oxygen atoms in total. The summed E-state index contributed by atoms with van der Waals surface area (Å²) in [6.45, 7) is 3.49. The molecule has 0 spiro atoms. The molecular weight excluding hydrogens is 667 g/mol. The molecule has 10 heteroatoms. The lowest BCUT2D eigenvalue weighted by Gasteiger charge is -2.20. The number of unbranched alkanes of at least 4 members (excludes halogenated alkanes) is 22. The van der Waals surface area contributed by atoms with E-state index in [2.05, 4.69) is 38.2 Å². The molecule has 0 amide bonds. The summed E-state index contributed by atoms with van der Waals surface area (Å²) in [6.07, 6.45) is 38.4. The van der Waals surface area contributed by atoms with Crippen LogP contribution in [0, 0.1) is 0 Å². The van der Waals surface area contributed by atoms with Gasteiger partial charge in [0, 0.05) is 13.0 Å². The molecule has 0 aromatic rings. The molecule has 0 aromatic heterocycles. The highest BCUT2D eigenvalue weighted by molar-refractivity contribution is 7.47. The Kier molecular flexibility index (Phi) is 37.9. The van der Waals surface area contributed by atoms with Crippen molar-refractivity contribution in [3.05, 3.63) is 24.3 Å². The maximum atomic E-state index is 12.6. The Morgan fingerprint density at radius 3 is 1.47 bits per heavy atom. The molecule has 51 heavy (non-hydrogen) atoms. The first-order chi connectivity index (χ1) is 24.8. The number of carbonyl (C=O) groups excluding carboxylic acids is 1. The number of ether oxygens (including phenoxy) is 2. The van der Waals surface area contributed by atoms with Gasteiger partial charge in [-0.05, 0) is 64.2 Å². The number of allylic oxidation sites excluding steroid dienone is 4. The van der Waals surface area contributed by atoms with Gasteiger partial charge in [0.05, 0.1) is 26.4 Å². The normalized spacial score (nSPS) is 14.4. The second kappa shape index (κ2) is 38.7. The third-order valence-electron chi connectivity index (χ3n) is 8.86. The molecule has 0 aliphatic rings. The fourth-order valence-corrected chi connectivity index (χ4v) is 6.43. The molecule has 3 unspecified atom stereocenters. The summed E-state index contributed by atoms with van der Waals surface area (Å²) < 4.78 is 33.3. The van der Waals surface area contributed by atoms with E-state index in [4.69, 9.17) is 23.6 Å². The van der Waals surface area contributed by atoms with Crippen LogP contribution in [-0.2, 0) is 27.9 Å². The maximum Gasteiger partial charge on any atom is 0.472 e. The lowest BCUT2D eigenvalue weighted by atomic mass is 10.1. The molecule has 0 bridgehead atoms. The summed E-state index contributed by atoms with van der Waals surface area (Å²) in [5.74, 6) is -0.393. The summed E-state index contributed by atoms with van der Waals surface area (Å²) in [4.78, 5) is 22.5. The van der Waals surface area contributed by atoms with E-state index in [0.717, 1.165) is 64.2 Å². The number of esters is 1. The summed E-state index contributed by atoms with van der Waals surface area (Å²) in [5, 5.41) is 18.3. The van der Waals surface area contributed by atoms with E-state index in [0.29, 0.717) is 6.61 Å². The molecule has 0 saturated heterocycles. The lowest BCUT2D eigenvalue weighted by Crippen LogP contribution is -2.29. The zero-order chi connectivity index (χ0) is 37.5. The molecule has 3 atom stereocenters. The summed E-state index contributed by atoms with van der Waals surface area (Å²) in [7, 11) is -4.51. The Morgan fingerprint density at radius 1 is 0.588 bits per heavy atom. The van der Waals surface area contributed by atoms with Crippen LogP contribution in [0.1, 0.15) is 187 Å². The van der Waals surface area contributed by atoms with Gasteiger partial charge in [-0.3, -0.25) is 13.8 Å². The third-order valence-corrected chi connectivity index (χ3v) is 9.81. The number of phosphoric ester groups is 1. The number of carbonyl (C=O) groups is 1. The Balaban J connectivity index is 4.20. The zero-order valence-electron chi connectivity index (χ0n) is 32.8. The first-order valence-electron chi connectivity index (χ1n) is 20.8. The monoisotopic (exact) mass is 747 g/mol. The van der Waals surface area contributed by atoms with Crippen molar-refractivity contribution in [1.82, 2.24) is 0 Å². The SMILES string of the molecule is CCCCCCC/C=C\CCCCCCCC(=O)OC(COCCCCCCCC/C=C\CCCCCCCC)COP(=O)(O)OCC(O)CO. The standard InChI is InChI=1S/C41H79O9P/c1-3-5-7-9-11-13-15-17-19-20-22-24-26-28-30-32-34-47-37-40(38-49-51(45,46)48-36-39(43)35-42)50-41(44)33-31-29-27-25-23-21-18-16-14-12-10-8-6-4-2/h16-19,39-40,42-43H,3-15,20-38H2,1-2H3,(H,45,46)/b18-16-,19-17-. The predicted octanol–water partition coefficient (Wildman–Crippen LogP) is 11.1. The Hall–Kier alpha value is -1.06. The van der Waals surface area contributed by atoms with Crippen molar-refractivity contribution in [2.75, 3.05) is 33.0 Å². The van der Waals surface area contributed by atoms with E-state index in [-0.39, 0.29) is 19.6 Å². The number of hydrogen-bond donors (Lipinski definition) is 3. The van der Waals surface area contributed by atoms with Gasteiger partial charge in [0.1, 0.15) is 12.2 Å². The molecular formula is C41H79O9P. The van der Waals surface area contributed by atoms with Crippen LogP contribution < -0.4 is 0 Å². The van der Waals surface area contributed by atoms with Gasteiger partial charge in [-0.2, -0.15) is 0 Å². The van der Waals surface area contributed by atoms with Gasteiger partial charge < -0.3 is 24.6 Å². The molecule has 0 fully saturated rings. The lowest BCUT2D eigenvalue weighted by molar-refractivity contribution is -0.154. The van der Waals surface area contributed by atoms with Gasteiger partial charge in [0.25, 0.3) is 0 Å². The molecule has 0 saturated carbocycles. The van der Waals surface area contributed by atoms with E-state index in [1.807, 2.05) is 0 Å². The summed E-state index contributed by atoms with van der Waals surface area (Å²) >= 11 is 0. The topological polar surface area (TPSA) is 132 Å². The molecule has 0 aliphatic carbocycles. The van der Waals surface area contributed by atoms with Gasteiger partial charge in [-0.1, -0.05) is 141 Å². The van der Waals surface area contributed by atoms with E-state index in [1.54, 1.807) is 0 Å². The van der Waals surface area contributed by atoms with Gasteiger partial charge >= 0.3 is 13.8 Å². The molecule has 0 aliphatic heterocycles. The number of phosphoric acid groups is 1. The highest BCUT2D eigenvalue weighted by Gasteiger charge is 2.26. The highest BCUT2D eigenvalue weighted by Crippen LogP contribution is 2.43. The van der Waals surface area contributed by atoms with Crippen LogP contribution in [0.15, 0.2) is 24.3 Å². The number of aliphatic hydroxyl groups excluding tert-OH is 2. The fraction of sp³-hybridized carbons (Fsp3) is 0.878. The molecule has 302 valence electrons. The van der Waals surface area contributed by atoms with Crippen LogP contribution in [0.25, 0.3) is 0 Å². The van der Waals surface area contributed by atoms with Crippen LogP contribution in [0.2, 0.25) is 0 Å². The molecule has 0 heterocycles. The van der Waals surface area contributed by atoms with E-state index >= 15 is 0 Å². The van der Waals surface area contributed by atoms with Crippen molar-refractivity contribution < 1.29 is 43.0 Å². The Labute approximate surface area is 313 Å². The number of aliphatic hydroxyl groups is 2. The van der Waals surface area contributed by atoms with Crippen molar-refractivity contribution >= 4 is 13.8 Å². The average Bonchev–Trinajstić information content (AvgIpc) is 3.12. The Bertz CT molecular complexity index is 851. The summed E-state index contributed by atoms with van der Waals surface area (Å²) in [6, 6.07) is 0. The van der Waals surface area contributed by atoms with E-state index < -0.39 is 39.2 Å². The smallest absolute Gasteiger partial charge is 0.457 e. The van der Waals surface area contributed by atoms with Crippen LogP contribution in [0.5, 0.6) is 0 Å². The predicted molar refractivity (Wildman–Crippen MR) is 210 cm³/mol. The van der Waals surface area contributed by atoms with E-state index in [1.165, 1.54) is 103 Å². The second-order valence-electron chi connectivity index (χ2n) is 14.0. The first kappa shape index (κ1) is 49.9. The minimum atomic E-state index is -4.51. The van der Waals surface area contributed by atoms with Crippen LogP contribution in [0.3, 0.4) is 0 Å². The first-order valence-corrected chi connectivity index (χ1v) is 22.3. The maximum absolute atomic E-state index is 12.6. The van der Waals surface area contributed by atoms with Crippen LogP contribution in [0.4, 0.5) is 0 Å². The van der Waals surface area contributed by atoms with Crippen molar-refractivity contribution in [3.8, 4) is 0 Å². The second-order valence-corrected chi connectivity index (χ2v) is 15.5. The van der Waals surface area contributed by atoms with Crippen LogP contribution >= 0.6 is 7.82 Å². The van der Waals surface area contributed by atoms with Crippen LogP contribution in [-0.4, -0.2) is 66.3 Å². The quantitative estimate of drug-likeness (QED) is 0.0242. The van der Waals surface area contributed by atoms with E-state index in [9.17, 15) is 19.4 Å². The largest absolute Gasteiger partial charge is 0.472 e. The minimum absolute atomic E-state index is 0.0440. The van der Waals surface area contributed by atoms with Crippen molar-refractivity contribution in [1.29, 1.82) is 0 Å². The average molecular weight is 747 g/mol. The molecule has 3 N–H and O–H groups in total. The third kappa shape index (κ3) is 38.5. The van der Waals surface area contributed by atoms with Gasteiger partial charge in [0.2, 0.25) is 0 Å². The molecule has 0 aromatic carbocycles. The molecule has 0 rings (SSSR count). The zero-order valence-corrected chi connectivity index (χ0v) is 33.7. The highest BCUT2D eigenvalue weighted by atomic mass is 31.2.